The lowest BCUT2D eigenvalue weighted by atomic mass is 10.2. The number of rotatable bonds is 2. The van der Waals surface area contributed by atoms with E-state index in [0.717, 1.165) is 6.21 Å². The van der Waals surface area contributed by atoms with Crippen LogP contribution in [0.1, 0.15) is 5.56 Å². The monoisotopic (exact) mass is 234 g/mol. The van der Waals surface area contributed by atoms with Crippen LogP contribution in [0.5, 0.6) is 0 Å². The fourth-order valence-corrected chi connectivity index (χ4v) is 1.41. The summed E-state index contributed by atoms with van der Waals surface area (Å²) in [4.78, 5) is 9.82. The summed E-state index contributed by atoms with van der Waals surface area (Å²) in [6, 6.07) is 2.49. The molecule has 14 heavy (non-hydrogen) atoms. The lowest BCUT2D eigenvalue weighted by Crippen LogP contribution is -1.93. The van der Waals surface area contributed by atoms with Crippen LogP contribution < -0.4 is 0 Å². The van der Waals surface area contributed by atoms with E-state index in [1.807, 2.05) is 0 Å². The molecule has 1 aromatic rings. The van der Waals surface area contributed by atoms with Gasteiger partial charge in [-0.1, -0.05) is 28.4 Å². The molecule has 0 radical (unpaired) electrons. The third kappa shape index (κ3) is 1.94. The molecule has 0 amide bonds. The van der Waals surface area contributed by atoms with Crippen LogP contribution in [0, 0.1) is 10.1 Å². The first kappa shape index (κ1) is 10.7. The summed E-state index contributed by atoms with van der Waals surface area (Å²) in [5, 5.41) is 21.5. The van der Waals surface area contributed by atoms with E-state index in [2.05, 4.69) is 5.16 Å². The molecule has 0 aliphatic heterocycles. The zero-order valence-electron chi connectivity index (χ0n) is 6.65. The molecule has 5 nitrogen and oxygen atoms in total. The second kappa shape index (κ2) is 4.26. The van der Waals surface area contributed by atoms with Gasteiger partial charge in [0.2, 0.25) is 0 Å². The number of nitrogens with zero attached hydrogens (tertiary/aromatic N) is 2. The Bertz CT molecular complexity index is 406. The number of oxime groups is 1. The van der Waals surface area contributed by atoms with Crippen molar-refractivity contribution in [2.75, 3.05) is 0 Å². The normalized spacial score (nSPS) is 10.7. The van der Waals surface area contributed by atoms with E-state index in [-0.39, 0.29) is 21.3 Å². The molecular weight excluding hydrogens is 231 g/mol. The largest absolute Gasteiger partial charge is 0.411 e. The van der Waals surface area contributed by atoms with Crippen LogP contribution in [-0.2, 0) is 0 Å². The summed E-state index contributed by atoms with van der Waals surface area (Å²) in [5.74, 6) is 0. The Morgan fingerprint density at radius 2 is 2.14 bits per heavy atom. The predicted octanol–water partition coefficient (Wildman–Crippen LogP) is 2.71. The van der Waals surface area contributed by atoms with Crippen molar-refractivity contribution < 1.29 is 10.1 Å². The van der Waals surface area contributed by atoms with Crippen LogP contribution in [0.2, 0.25) is 10.0 Å². The molecule has 1 aromatic carbocycles. The lowest BCUT2D eigenvalue weighted by molar-refractivity contribution is -0.384. The molecule has 0 atom stereocenters. The number of benzene rings is 1. The van der Waals surface area contributed by atoms with E-state index in [0.29, 0.717) is 0 Å². The Kier molecular flexibility index (Phi) is 3.27. The average molecular weight is 235 g/mol. The molecular formula is C7H4Cl2N2O3. The predicted molar refractivity (Wildman–Crippen MR) is 52.5 cm³/mol. The highest BCUT2D eigenvalue weighted by Gasteiger charge is 2.17. The van der Waals surface area contributed by atoms with E-state index >= 15 is 0 Å². The van der Waals surface area contributed by atoms with Gasteiger partial charge in [-0.05, 0) is 6.07 Å². The number of nitro benzene ring substituents is 1. The molecule has 0 aliphatic carbocycles. The van der Waals surface area contributed by atoms with Gasteiger partial charge < -0.3 is 5.21 Å². The first-order valence-electron chi connectivity index (χ1n) is 3.37. The van der Waals surface area contributed by atoms with Crippen LogP contribution in [0.4, 0.5) is 5.69 Å². The first-order valence-corrected chi connectivity index (χ1v) is 4.13. The minimum absolute atomic E-state index is 0.116. The topological polar surface area (TPSA) is 75.7 Å². The average Bonchev–Trinajstić information content (AvgIpc) is 2.11. The number of hydrogen-bond donors (Lipinski definition) is 1. The summed E-state index contributed by atoms with van der Waals surface area (Å²) in [6.07, 6.45) is 0.942. The fourth-order valence-electron chi connectivity index (χ4n) is 0.875. The Morgan fingerprint density at radius 1 is 1.50 bits per heavy atom. The van der Waals surface area contributed by atoms with E-state index in [9.17, 15) is 10.1 Å². The number of nitro groups is 1. The van der Waals surface area contributed by atoms with E-state index in [1.54, 1.807) is 0 Å². The molecule has 1 N–H and O–H groups in total. The maximum Gasteiger partial charge on any atom is 0.288 e. The zero-order valence-corrected chi connectivity index (χ0v) is 8.16. The van der Waals surface area contributed by atoms with Gasteiger partial charge in [-0.25, -0.2) is 0 Å². The summed E-state index contributed by atoms with van der Waals surface area (Å²) in [5.41, 5.74) is -0.170. The van der Waals surface area contributed by atoms with Crippen molar-refractivity contribution in [3.8, 4) is 0 Å². The molecule has 0 saturated heterocycles. The highest BCUT2D eigenvalue weighted by atomic mass is 35.5. The third-order valence-corrected chi connectivity index (χ3v) is 2.22. The molecule has 0 aliphatic rings. The van der Waals surface area contributed by atoms with Gasteiger partial charge in [0.05, 0.1) is 16.2 Å². The Balaban J connectivity index is 3.40. The molecule has 7 heteroatoms. The molecule has 0 fully saturated rings. The van der Waals surface area contributed by atoms with E-state index in [4.69, 9.17) is 28.4 Å². The summed E-state index contributed by atoms with van der Waals surface area (Å²) < 4.78 is 0. The van der Waals surface area contributed by atoms with Crippen LogP contribution in [-0.4, -0.2) is 16.3 Å². The Morgan fingerprint density at radius 3 is 2.64 bits per heavy atom. The molecule has 0 bridgehead atoms. The highest BCUT2D eigenvalue weighted by Crippen LogP contribution is 2.31. The standard InChI is InChI=1S/C7H4Cl2N2O3/c8-5-1-2-6(11(13)14)7(9)4(5)3-10-12/h1-3,12H. The minimum atomic E-state index is -0.645. The van der Waals surface area contributed by atoms with Crippen LogP contribution >= 0.6 is 23.2 Å². The van der Waals surface area contributed by atoms with Crippen molar-refractivity contribution in [1.82, 2.24) is 0 Å². The molecule has 0 unspecified atom stereocenters. The van der Waals surface area contributed by atoms with Crippen molar-refractivity contribution in [2.45, 2.75) is 0 Å². The van der Waals surface area contributed by atoms with Crippen molar-refractivity contribution in [3.63, 3.8) is 0 Å². The van der Waals surface area contributed by atoms with Crippen LogP contribution in [0.25, 0.3) is 0 Å². The van der Waals surface area contributed by atoms with Crippen LogP contribution in [0.15, 0.2) is 17.3 Å². The van der Waals surface area contributed by atoms with E-state index in [1.165, 1.54) is 12.1 Å². The molecule has 0 spiro atoms. The van der Waals surface area contributed by atoms with Gasteiger partial charge in [-0.15, -0.1) is 0 Å². The van der Waals surface area contributed by atoms with E-state index < -0.39 is 4.92 Å². The van der Waals surface area contributed by atoms with Gasteiger partial charge >= 0.3 is 0 Å². The molecule has 1 rings (SSSR count). The van der Waals surface area contributed by atoms with Gasteiger partial charge in [0, 0.05) is 11.6 Å². The smallest absolute Gasteiger partial charge is 0.288 e. The Labute approximate surface area is 88.7 Å². The van der Waals surface area contributed by atoms with Crippen molar-refractivity contribution in [3.05, 3.63) is 37.9 Å². The van der Waals surface area contributed by atoms with Gasteiger partial charge in [-0.2, -0.15) is 0 Å². The quantitative estimate of drug-likeness (QED) is 0.370. The van der Waals surface area contributed by atoms with Gasteiger partial charge in [-0.3, -0.25) is 10.1 Å². The minimum Gasteiger partial charge on any atom is -0.411 e. The fraction of sp³-hybridized carbons (Fsp3) is 0. The molecule has 0 aromatic heterocycles. The highest BCUT2D eigenvalue weighted by molar-refractivity contribution is 6.39. The number of hydrogen-bond acceptors (Lipinski definition) is 4. The molecule has 0 saturated carbocycles. The lowest BCUT2D eigenvalue weighted by Gasteiger charge is -2.00. The van der Waals surface area contributed by atoms with Gasteiger partial charge in [0.1, 0.15) is 5.02 Å². The SMILES string of the molecule is O=[N+]([O-])c1ccc(Cl)c(C=NO)c1Cl. The second-order valence-electron chi connectivity index (χ2n) is 2.30. The summed E-state index contributed by atoms with van der Waals surface area (Å²) >= 11 is 11.3. The van der Waals surface area contributed by atoms with Crippen molar-refractivity contribution in [1.29, 1.82) is 0 Å². The summed E-state index contributed by atoms with van der Waals surface area (Å²) in [7, 11) is 0. The maximum atomic E-state index is 10.5. The van der Waals surface area contributed by atoms with Gasteiger partial charge in [0.25, 0.3) is 5.69 Å². The number of halogens is 2. The molecule has 0 heterocycles. The zero-order chi connectivity index (χ0) is 10.7. The third-order valence-electron chi connectivity index (χ3n) is 1.49. The maximum absolute atomic E-state index is 10.5. The van der Waals surface area contributed by atoms with Crippen LogP contribution in [0.3, 0.4) is 0 Å². The first-order chi connectivity index (χ1) is 6.57. The van der Waals surface area contributed by atoms with Crippen molar-refractivity contribution in [2.24, 2.45) is 5.16 Å². The Hall–Kier alpha value is -1.33. The second-order valence-corrected chi connectivity index (χ2v) is 3.08. The summed E-state index contributed by atoms with van der Waals surface area (Å²) in [6.45, 7) is 0. The molecule has 74 valence electrons. The van der Waals surface area contributed by atoms with Gasteiger partial charge in [0.15, 0.2) is 0 Å². The van der Waals surface area contributed by atoms with Crippen molar-refractivity contribution >= 4 is 35.1 Å².